The largest absolute Gasteiger partial charge is 0.481 e. The van der Waals surface area contributed by atoms with Crippen LogP contribution in [0.1, 0.15) is 24.0 Å². The minimum atomic E-state index is -2.32. The smallest absolute Gasteiger partial charge is 0.303 e. The summed E-state index contributed by atoms with van der Waals surface area (Å²) in [7, 11) is 0. The number of carboxylic acid groups (broad SMARTS) is 1. The molecule has 2 nitrogen and oxygen atoms in total. The van der Waals surface area contributed by atoms with Gasteiger partial charge in [-0.2, -0.15) is 0 Å². The summed E-state index contributed by atoms with van der Waals surface area (Å²) < 4.78 is 24.1. The van der Waals surface area contributed by atoms with Crippen molar-refractivity contribution in [2.75, 3.05) is 0 Å². The van der Waals surface area contributed by atoms with Gasteiger partial charge in [0.2, 0.25) is 6.43 Å². The fourth-order valence-electron chi connectivity index (χ4n) is 1.46. The average Bonchev–Trinajstić information content (AvgIpc) is 2.19. The number of rotatable bonds is 6. The lowest BCUT2D eigenvalue weighted by atomic mass is 10.0. The first-order valence-electron chi connectivity index (χ1n) is 5.15. The van der Waals surface area contributed by atoms with Gasteiger partial charge in [-0.1, -0.05) is 24.3 Å². The van der Waals surface area contributed by atoms with Crippen molar-refractivity contribution >= 4 is 5.97 Å². The monoisotopic (exact) mass is 228 g/mol. The third-order valence-corrected chi connectivity index (χ3v) is 2.27. The molecule has 0 aromatic heterocycles. The zero-order valence-corrected chi connectivity index (χ0v) is 8.83. The van der Waals surface area contributed by atoms with E-state index in [0.29, 0.717) is 18.4 Å². The lowest BCUT2D eigenvalue weighted by Crippen LogP contribution is -1.98. The standard InChI is InChI=1S/C12H14F2O2/c13-11(14)8-10-6-4-9(5-7-10)2-1-3-12(15)16/h4-7,11H,1-3,8H2,(H,15,16). The molecule has 0 radical (unpaired) electrons. The van der Waals surface area contributed by atoms with Gasteiger partial charge in [-0.15, -0.1) is 0 Å². The summed E-state index contributed by atoms with van der Waals surface area (Å²) in [6.45, 7) is 0. The van der Waals surface area contributed by atoms with Crippen LogP contribution in [0.2, 0.25) is 0 Å². The maximum absolute atomic E-state index is 12.0. The first kappa shape index (κ1) is 12.6. The van der Waals surface area contributed by atoms with Gasteiger partial charge < -0.3 is 5.11 Å². The Morgan fingerprint density at radius 3 is 2.25 bits per heavy atom. The number of aryl methyl sites for hydroxylation is 1. The highest BCUT2D eigenvalue weighted by molar-refractivity contribution is 5.66. The van der Waals surface area contributed by atoms with E-state index in [4.69, 9.17) is 5.11 Å². The first-order chi connectivity index (χ1) is 7.58. The number of carboxylic acids is 1. The van der Waals surface area contributed by atoms with Crippen LogP contribution in [-0.2, 0) is 17.6 Å². The second-order valence-corrected chi connectivity index (χ2v) is 3.66. The summed E-state index contributed by atoms with van der Waals surface area (Å²) in [5.74, 6) is -0.811. The Balaban J connectivity index is 2.42. The van der Waals surface area contributed by atoms with Gasteiger partial charge in [0, 0.05) is 12.8 Å². The molecule has 0 aliphatic heterocycles. The average molecular weight is 228 g/mol. The van der Waals surface area contributed by atoms with Crippen LogP contribution < -0.4 is 0 Å². The van der Waals surface area contributed by atoms with Gasteiger partial charge in [0.05, 0.1) is 0 Å². The Hall–Kier alpha value is -1.45. The van der Waals surface area contributed by atoms with Crippen molar-refractivity contribution in [2.45, 2.75) is 32.1 Å². The quantitative estimate of drug-likeness (QED) is 0.812. The molecule has 0 aliphatic carbocycles. The van der Waals surface area contributed by atoms with Gasteiger partial charge in [0.25, 0.3) is 0 Å². The molecular weight excluding hydrogens is 214 g/mol. The lowest BCUT2D eigenvalue weighted by molar-refractivity contribution is -0.137. The van der Waals surface area contributed by atoms with Crippen molar-refractivity contribution in [1.29, 1.82) is 0 Å². The predicted octanol–water partition coefficient (Wildman–Crippen LogP) is 2.90. The summed E-state index contributed by atoms with van der Waals surface area (Å²) in [4.78, 5) is 10.3. The van der Waals surface area contributed by atoms with E-state index in [2.05, 4.69) is 0 Å². The summed E-state index contributed by atoms with van der Waals surface area (Å²) in [6.07, 6.45) is -1.17. The highest BCUT2D eigenvalue weighted by Gasteiger charge is 2.04. The first-order valence-corrected chi connectivity index (χ1v) is 5.15. The van der Waals surface area contributed by atoms with E-state index in [1.54, 1.807) is 24.3 Å². The molecule has 1 aromatic carbocycles. The van der Waals surface area contributed by atoms with Gasteiger partial charge >= 0.3 is 5.97 Å². The Kier molecular flexibility index (Phi) is 4.89. The molecule has 0 fully saturated rings. The van der Waals surface area contributed by atoms with Crippen LogP contribution in [0, 0.1) is 0 Å². The number of hydrogen-bond acceptors (Lipinski definition) is 1. The molecule has 0 aliphatic rings. The van der Waals surface area contributed by atoms with Gasteiger partial charge in [0.1, 0.15) is 0 Å². The van der Waals surface area contributed by atoms with E-state index in [1.807, 2.05) is 0 Å². The van der Waals surface area contributed by atoms with Crippen LogP contribution >= 0.6 is 0 Å². The lowest BCUT2D eigenvalue weighted by Gasteiger charge is -2.03. The molecule has 16 heavy (non-hydrogen) atoms. The van der Waals surface area contributed by atoms with Crippen LogP contribution in [0.4, 0.5) is 8.78 Å². The van der Waals surface area contributed by atoms with E-state index in [1.165, 1.54) is 0 Å². The van der Waals surface area contributed by atoms with Crippen molar-refractivity contribution in [3.8, 4) is 0 Å². The van der Waals surface area contributed by atoms with E-state index >= 15 is 0 Å². The summed E-state index contributed by atoms with van der Waals surface area (Å²) in [6, 6.07) is 6.89. The van der Waals surface area contributed by atoms with Gasteiger partial charge in [-0.25, -0.2) is 8.78 Å². The molecule has 0 saturated heterocycles. The van der Waals surface area contributed by atoms with E-state index in [-0.39, 0.29) is 12.8 Å². The third-order valence-electron chi connectivity index (χ3n) is 2.27. The maximum Gasteiger partial charge on any atom is 0.303 e. The second kappa shape index (κ2) is 6.20. The molecule has 0 heterocycles. The zero-order valence-electron chi connectivity index (χ0n) is 8.83. The minimum absolute atomic E-state index is 0.138. The Morgan fingerprint density at radius 1 is 1.19 bits per heavy atom. The highest BCUT2D eigenvalue weighted by Crippen LogP contribution is 2.11. The van der Waals surface area contributed by atoms with E-state index in [0.717, 1.165) is 5.56 Å². The molecule has 1 aromatic rings. The van der Waals surface area contributed by atoms with Gasteiger partial charge in [-0.05, 0) is 24.0 Å². The molecular formula is C12H14F2O2. The van der Waals surface area contributed by atoms with E-state index < -0.39 is 12.4 Å². The number of benzene rings is 1. The fraction of sp³-hybridized carbons (Fsp3) is 0.417. The van der Waals surface area contributed by atoms with Crippen molar-refractivity contribution in [3.63, 3.8) is 0 Å². The second-order valence-electron chi connectivity index (χ2n) is 3.66. The molecule has 1 N–H and O–H groups in total. The minimum Gasteiger partial charge on any atom is -0.481 e. The molecule has 0 amide bonds. The third kappa shape index (κ3) is 4.87. The van der Waals surface area contributed by atoms with Crippen LogP contribution in [-0.4, -0.2) is 17.5 Å². The number of alkyl halides is 2. The van der Waals surface area contributed by atoms with Crippen LogP contribution in [0.5, 0.6) is 0 Å². The van der Waals surface area contributed by atoms with Gasteiger partial charge in [0.15, 0.2) is 0 Å². The molecule has 0 atom stereocenters. The summed E-state index contributed by atoms with van der Waals surface area (Å²) >= 11 is 0. The molecule has 0 saturated carbocycles. The highest BCUT2D eigenvalue weighted by atomic mass is 19.3. The Morgan fingerprint density at radius 2 is 1.75 bits per heavy atom. The van der Waals surface area contributed by atoms with Crippen LogP contribution in [0.15, 0.2) is 24.3 Å². The van der Waals surface area contributed by atoms with Gasteiger partial charge in [-0.3, -0.25) is 4.79 Å². The Bertz CT molecular complexity index is 333. The zero-order chi connectivity index (χ0) is 12.0. The van der Waals surface area contributed by atoms with Crippen molar-refractivity contribution in [2.24, 2.45) is 0 Å². The maximum atomic E-state index is 12.0. The number of halogens is 2. The van der Waals surface area contributed by atoms with E-state index in [9.17, 15) is 13.6 Å². The SMILES string of the molecule is O=C(O)CCCc1ccc(CC(F)F)cc1. The van der Waals surface area contributed by atoms with Crippen LogP contribution in [0.25, 0.3) is 0 Å². The fourth-order valence-corrected chi connectivity index (χ4v) is 1.46. The van der Waals surface area contributed by atoms with Crippen molar-refractivity contribution in [1.82, 2.24) is 0 Å². The molecule has 0 bridgehead atoms. The predicted molar refractivity (Wildman–Crippen MR) is 56.7 cm³/mol. The number of carbonyl (C=O) groups is 1. The topological polar surface area (TPSA) is 37.3 Å². The summed E-state index contributed by atoms with van der Waals surface area (Å²) in [5, 5.41) is 8.45. The number of hydrogen-bond donors (Lipinski definition) is 1. The molecule has 0 spiro atoms. The summed E-state index contributed by atoms with van der Waals surface area (Å²) in [5.41, 5.74) is 1.59. The molecule has 1 rings (SSSR count). The van der Waals surface area contributed by atoms with Crippen molar-refractivity contribution < 1.29 is 18.7 Å². The molecule has 0 unspecified atom stereocenters. The van der Waals surface area contributed by atoms with Crippen LogP contribution in [0.3, 0.4) is 0 Å². The molecule has 4 heteroatoms. The normalized spacial score (nSPS) is 10.7. The van der Waals surface area contributed by atoms with Crippen molar-refractivity contribution in [3.05, 3.63) is 35.4 Å². The number of aliphatic carboxylic acids is 1. The molecule has 88 valence electrons. The Labute approximate surface area is 92.9 Å².